The van der Waals surface area contributed by atoms with Gasteiger partial charge in [-0.1, -0.05) is 15.9 Å². The van der Waals surface area contributed by atoms with Crippen LogP contribution < -0.4 is 5.32 Å². The van der Waals surface area contributed by atoms with E-state index in [1.54, 1.807) is 6.07 Å². The Balaban J connectivity index is 1.60. The van der Waals surface area contributed by atoms with Crippen LogP contribution in [-0.2, 0) is 9.47 Å². The Bertz CT molecular complexity index is 453. The Morgan fingerprint density at radius 1 is 1.21 bits per heavy atom. The number of hydrogen-bond donors (Lipinski definition) is 1. The van der Waals surface area contributed by atoms with E-state index in [1.165, 1.54) is 6.07 Å². The Morgan fingerprint density at radius 3 is 2.53 bits per heavy atom. The highest BCUT2D eigenvalue weighted by molar-refractivity contribution is 9.10. The zero-order chi connectivity index (χ0) is 13.3. The van der Waals surface area contributed by atoms with Crippen LogP contribution >= 0.6 is 15.9 Å². The van der Waals surface area contributed by atoms with E-state index in [0.717, 1.165) is 30.2 Å². The quantitative estimate of drug-likeness (QED) is 0.897. The van der Waals surface area contributed by atoms with Crippen molar-refractivity contribution >= 4 is 21.6 Å². The predicted molar refractivity (Wildman–Crippen MR) is 74.6 cm³/mol. The molecular formula is C14H17BrFNO2. The maximum atomic E-state index is 13.8. The number of rotatable bonds is 2. The summed E-state index contributed by atoms with van der Waals surface area (Å²) in [4.78, 5) is 0. The van der Waals surface area contributed by atoms with Crippen LogP contribution in [0.1, 0.15) is 25.7 Å². The molecule has 3 nitrogen and oxygen atoms in total. The number of ether oxygens (including phenoxy) is 2. The molecule has 0 bridgehead atoms. The molecule has 1 N–H and O–H groups in total. The van der Waals surface area contributed by atoms with Crippen molar-refractivity contribution in [2.45, 2.75) is 37.5 Å². The molecule has 1 spiro atoms. The number of nitrogens with one attached hydrogen (secondary N) is 1. The van der Waals surface area contributed by atoms with E-state index in [9.17, 15) is 4.39 Å². The fourth-order valence-corrected chi connectivity index (χ4v) is 3.15. The fraction of sp³-hybridized carbons (Fsp3) is 0.571. The maximum absolute atomic E-state index is 13.8. The fourth-order valence-electron chi connectivity index (χ4n) is 2.81. The molecule has 0 radical (unpaired) electrons. The highest BCUT2D eigenvalue weighted by Gasteiger charge is 2.40. The molecule has 0 amide bonds. The van der Waals surface area contributed by atoms with Gasteiger partial charge in [-0.2, -0.15) is 0 Å². The van der Waals surface area contributed by atoms with Gasteiger partial charge in [-0.15, -0.1) is 0 Å². The van der Waals surface area contributed by atoms with E-state index in [2.05, 4.69) is 21.2 Å². The molecule has 1 aliphatic heterocycles. The Kier molecular flexibility index (Phi) is 3.78. The first-order valence-corrected chi connectivity index (χ1v) is 7.46. The van der Waals surface area contributed by atoms with E-state index < -0.39 is 0 Å². The van der Waals surface area contributed by atoms with Crippen molar-refractivity contribution < 1.29 is 13.9 Å². The van der Waals surface area contributed by atoms with Crippen LogP contribution in [0.3, 0.4) is 0 Å². The molecule has 19 heavy (non-hydrogen) atoms. The predicted octanol–water partition coefficient (Wildman–Crippen LogP) is 3.69. The summed E-state index contributed by atoms with van der Waals surface area (Å²) in [5.41, 5.74) is 0.567. The van der Waals surface area contributed by atoms with Crippen LogP contribution in [0.25, 0.3) is 0 Å². The van der Waals surface area contributed by atoms with E-state index >= 15 is 0 Å². The molecule has 0 atom stereocenters. The average molecular weight is 330 g/mol. The van der Waals surface area contributed by atoms with E-state index in [1.807, 2.05) is 6.07 Å². The van der Waals surface area contributed by atoms with Crippen molar-refractivity contribution in [3.63, 3.8) is 0 Å². The van der Waals surface area contributed by atoms with Gasteiger partial charge >= 0.3 is 0 Å². The summed E-state index contributed by atoms with van der Waals surface area (Å²) in [6.07, 6.45) is 3.64. The van der Waals surface area contributed by atoms with Crippen molar-refractivity contribution in [2.75, 3.05) is 18.5 Å². The van der Waals surface area contributed by atoms with Crippen molar-refractivity contribution in [2.24, 2.45) is 0 Å². The van der Waals surface area contributed by atoms with Crippen LogP contribution in [0.4, 0.5) is 10.1 Å². The lowest BCUT2D eigenvalue weighted by atomic mass is 9.90. The molecule has 2 fully saturated rings. The highest BCUT2D eigenvalue weighted by atomic mass is 79.9. The Labute approximate surface area is 120 Å². The van der Waals surface area contributed by atoms with Crippen LogP contribution in [0, 0.1) is 5.82 Å². The van der Waals surface area contributed by atoms with Crippen molar-refractivity contribution in [1.29, 1.82) is 0 Å². The van der Waals surface area contributed by atoms with Gasteiger partial charge in [-0.3, -0.25) is 0 Å². The molecule has 2 aliphatic rings. The maximum Gasteiger partial charge on any atom is 0.168 e. The molecule has 3 rings (SSSR count). The first kappa shape index (κ1) is 13.3. The van der Waals surface area contributed by atoms with E-state index in [4.69, 9.17) is 9.47 Å². The zero-order valence-electron chi connectivity index (χ0n) is 10.6. The summed E-state index contributed by atoms with van der Waals surface area (Å²) < 4.78 is 25.9. The number of benzene rings is 1. The van der Waals surface area contributed by atoms with Crippen molar-refractivity contribution in [3.05, 3.63) is 28.5 Å². The third kappa shape index (κ3) is 2.93. The molecule has 0 aromatic heterocycles. The molecular weight excluding hydrogens is 313 g/mol. The van der Waals surface area contributed by atoms with Gasteiger partial charge in [0.2, 0.25) is 0 Å². The first-order valence-electron chi connectivity index (χ1n) is 6.66. The second-order valence-corrected chi connectivity index (χ2v) is 6.07. The van der Waals surface area contributed by atoms with Gasteiger partial charge in [0, 0.05) is 23.4 Å². The smallest absolute Gasteiger partial charge is 0.168 e. The molecule has 1 aromatic rings. The molecule has 1 saturated carbocycles. The molecule has 1 aromatic carbocycles. The van der Waals surface area contributed by atoms with E-state index in [0.29, 0.717) is 18.9 Å². The van der Waals surface area contributed by atoms with Crippen LogP contribution in [0.5, 0.6) is 0 Å². The highest BCUT2D eigenvalue weighted by Crippen LogP contribution is 2.36. The van der Waals surface area contributed by atoms with Gasteiger partial charge in [0.25, 0.3) is 0 Å². The van der Waals surface area contributed by atoms with Crippen LogP contribution in [0.15, 0.2) is 22.7 Å². The second-order valence-electron chi connectivity index (χ2n) is 5.15. The summed E-state index contributed by atoms with van der Waals surface area (Å²) in [7, 11) is 0. The minimum Gasteiger partial charge on any atom is -0.380 e. The second kappa shape index (κ2) is 5.38. The molecule has 1 aliphatic carbocycles. The minimum atomic E-state index is -0.351. The minimum absolute atomic E-state index is 0.219. The molecule has 1 heterocycles. The first-order chi connectivity index (χ1) is 9.17. The molecule has 1 saturated heterocycles. The molecule has 5 heteroatoms. The summed E-state index contributed by atoms with van der Waals surface area (Å²) in [6.45, 7) is 1.39. The summed E-state index contributed by atoms with van der Waals surface area (Å²) >= 11 is 3.26. The number of anilines is 1. The Hall–Kier alpha value is -0.650. The van der Waals surface area contributed by atoms with Crippen molar-refractivity contribution in [1.82, 2.24) is 0 Å². The third-order valence-corrected chi connectivity index (χ3v) is 4.34. The molecule has 0 unspecified atom stereocenters. The summed E-state index contributed by atoms with van der Waals surface area (Å²) in [5.74, 6) is -0.570. The normalized spacial score (nSPS) is 22.8. The Morgan fingerprint density at radius 2 is 1.89 bits per heavy atom. The van der Waals surface area contributed by atoms with Gasteiger partial charge < -0.3 is 14.8 Å². The number of hydrogen-bond acceptors (Lipinski definition) is 3. The zero-order valence-corrected chi connectivity index (χ0v) is 12.2. The lowest BCUT2D eigenvalue weighted by Gasteiger charge is -2.36. The van der Waals surface area contributed by atoms with Gasteiger partial charge in [-0.25, -0.2) is 4.39 Å². The standard InChI is InChI=1S/C14H17BrFNO2/c15-10-1-2-13(12(16)9-10)17-11-3-5-14(6-4-11)18-7-8-19-14/h1-2,9,11,17H,3-8H2. The number of halogens is 2. The van der Waals surface area contributed by atoms with E-state index in [-0.39, 0.29) is 17.6 Å². The largest absolute Gasteiger partial charge is 0.380 e. The third-order valence-electron chi connectivity index (χ3n) is 3.85. The lowest BCUT2D eigenvalue weighted by molar-refractivity contribution is -0.177. The lowest BCUT2D eigenvalue weighted by Crippen LogP contribution is -2.39. The van der Waals surface area contributed by atoms with Gasteiger partial charge in [0.1, 0.15) is 5.82 Å². The molecule has 104 valence electrons. The average Bonchev–Trinajstić information content (AvgIpc) is 2.84. The van der Waals surface area contributed by atoms with Gasteiger partial charge in [0.15, 0.2) is 5.79 Å². The SMILES string of the molecule is Fc1cc(Br)ccc1NC1CCC2(CC1)OCCO2. The summed E-state index contributed by atoms with van der Waals surface area (Å²) in [6, 6.07) is 5.38. The summed E-state index contributed by atoms with van der Waals surface area (Å²) in [5, 5.41) is 3.28. The van der Waals surface area contributed by atoms with Gasteiger partial charge in [0.05, 0.1) is 18.9 Å². The van der Waals surface area contributed by atoms with Gasteiger partial charge in [-0.05, 0) is 31.0 Å². The van der Waals surface area contributed by atoms with Crippen molar-refractivity contribution in [3.8, 4) is 0 Å². The van der Waals surface area contributed by atoms with Crippen LogP contribution in [-0.4, -0.2) is 25.0 Å². The van der Waals surface area contributed by atoms with Crippen LogP contribution in [0.2, 0.25) is 0 Å². The topological polar surface area (TPSA) is 30.5 Å². The monoisotopic (exact) mass is 329 g/mol.